The Hall–Kier alpha value is -8.53. The van der Waals surface area contributed by atoms with Crippen LogP contribution in [0.25, 0.3) is 0 Å². The normalized spacial score (nSPS) is 25.5. The molecule has 0 aromatic heterocycles. The number of alkyl carbamates (subject to hydrolysis) is 1. The first-order valence-electron chi connectivity index (χ1n) is 30.4. The molecule has 9 amide bonds. The number of halogens is 1. The molecule has 2 aromatic carbocycles. The first-order chi connectivity index (χ1) is 43.7. The van der Waals surface area contributed by atoms with E-state index in [1.54, 1.807) is 38.1 Å². The molecule has 2 saturated heterocycles. The van der Waals surface area contributed by atoms with E-state index in [2.05, 4.69) is 16.0 Å². The number of aliphatic hydroxyl groups is 1. The highest BCUT2D eigenvalue weighted by Gasteiger charge is 2.64. The number of epoxide rings is 1. The van der Waals surface area contributed by atoms with Gasteiger partial charge in [-0.2, -0.15) is 0 Å². The molecule has 28 heteroatoms. The van der Waals surface area contributed by atoms with E-state index in [0.29, 0.717) is 29.8 Å². The minimum absolute atomic E-state index is 0.0153. The van der Waals surface area contributed by atoms with E-state index in [9.17, 15) is 53.1 Å². The third-order valence-corrected chi connectivity index (χ3v) is 17.3. The minimum atomic E-state index is -1.91. The fourth-order valence-electron chi connectivity index (χ4n) is 11.0. The van der Waals surface area contributed by atoms with E-state index in [4.69, 9.17) is 49.5 Å². The average molecular weight is 1300 g/mol. The average Bonchev–Trinajstić information content (AvgIpc) is 1.56. The molecule has 1 aliphatic carbocycles. The van der Waals surface area contributed by atoms with Gasteiger partial charge in [0.1, 0.15) is 60.0 Å². The van der Waals surface area contributed by atoms with Crippen LogP contribution >= 0.6 is 11.6 Å². The van der Waals surface area contributed by atoms with Gasteiger partial charge in [-0.05, 0) is 94.3 Å². The SMILES string of the molecule is COc1cc2cc(c1Cl)N(C)C(=O)C[C@H](OC(=O)[C@H](C)N(C)C(=O)CCOC(=O)N(C)CCN(C)C(=O)OCc1ccc(NC(=O)OC3/C=C/CCCCC3)c(C(=O)NCCN3C(=O)C=CC3=O)c1)[C@]1(C)O[C@H]1[C@H](C)[C@@H]1C[C@@](O)(NC(=O)O1)[C@H](OC)/C=C/C=C(\C)C2. The maximum Gasteiger partial charge on any atom is 0.412 e. The van der Waals surface area contributed by atoms with Crippen molar-refractivity contribution in [2.24, 2.45) is 5.92 Å². The van der Waals surface area contributed by atoms with Gasteiger partial charge in [0.2, 0.25) is 11.8 Å². The number of imide groups is 1. The van der Waals surface area contributed by atoms with Crippen molar-refractivity contribution in [2.45, 2.75) is 140 Å². The summed E-state index contributed by atoms with van der Waals surface area (Å²) in [7, 11) is 8.58. The van der Waals surface area contributed by atoms with Crippen molar-refractivity contribution in [3.8, 4) is 5.75 Å². The standard InChI is InChI=1S/C64H83ClN8O19/c1-38-17-16-20-49(86-10)64(84)36-48(90-60(81)68-64)39(2)56-63(4,92-56)50(35-54(77)72(8)46-33-42(31-38)34-47(85-9)55(46)65)91-58(79)40(3)71(7)51(74)25-30-87-61(82)69(5)28-29-70(6)62(83)88-37-41-21-22-45(67-59(80)89-43-18-14-12-11-13-15-19-43)44(32-41)57(78)66-26-27-73-52(75)23-24-53(73)76/h14,16-18,20-24,32-34,39-40,43,48-50,56,84H,11-13,15,19,25-31,35-37H2,1-10H3,(H,66,78)(H,67,80)(H,68,81)/b18-14+,20-16+,38-17+/t39-,40+,43?,48+,49-,50+,56+,63+,64+/m1/s1. The zero-order valence-corrected chi connectivity index (χ0v) is 54.2. The van der Waals surface area contributed by atoms with E-state index in [0.717, 1.165) is 58.8 Å². The summed E-state index contributed by atoms with van der Waals surface area (Å²) < 4.78 is 46.0. The van der Waals surface area contributed by atoms with Crippen LogP contribution in [0.2, 0.25) is 5.02 Å². The van der Waals surface area contributed by atoms with Crippen LogP contribution < -0.4 is 25.6 Å². The molecule has 0 saturated carbocycles. The smallest absolute Gasteiger partial charge is 0.412 e. The molecule has 0 radical (unpaired) electrons. The first-order valence-corrected chi connectivity index (χ1v) is 30.7. The highest BCUT2D eigenvalue weighted by molar-refractivity contribution is 6.35. The molecule has 5 aliphatic rings. The number of carbonyl (C=O) groups is 10. The Morgan fingerprint density at radius 2 is 1.64 bits per heavy atom. The number of allylic oxidation sites excluding steroid dienone is 4. The second-order valence-electron chi connectivity index (χ2n) is 23.6. The quantitative estimate of drug-likeness (QED) is 0.0392. The molecule has 27 nitrogen and oxygen atoms in total. The zero-order chi connectivity index (χ0) is 67.2. The molecule has 2 aromatic rings. The number of likely N-dealkylation sites (N-methyl/N-ethyl adjacent to an activating group) is 3. The minimum Gasteiger partial charge on any atom is -0.495 e. The van der Waals surface area contributed by atoms with E-state index < -0.39 is 127 Å². The van der Waals surface area contributed by atoms with Gasteiger partial charge in [-0.1, -0.05) is 60.9 Å². The molecular weight excluding hydrogens is 1220 g/mol. The van der Waals surface area contributed by atoms with Gasteiger partial charge in [-0.15, -0.1) is 0 Å². The van der Waals surface area contributed by atoms with Gasteiger partial charge in [-0.3, -0.25) is 39.5 Å². The van der Waals surface area contributed by atoms with Crippen LogP contribution in [0.4, 0.5) is 30.6 Å². The molecule has 500 valence electrons. The lowest BCUT2D eigenvalue weighted by atomic mass is 9.83. The van der Waals surface area contributed by atoms with Crippen LogP contribution in [-0.4, -0.2) is 208 Å². The Balaban J connectivity index is 0.927. The second kappa shape index (κ2) is 31.7. The van der Waals surface area contributed by atoms with E-state index in [-0.39, 0.29) is 61.9 Å². The number of amides is 9. The van der Waals surface area contributed by atoms with Gasteiger partial charge in [0.05, 0.1) is 43.0 Å². The summed E-state index contributed by atoms with van der Waals surface area (Å²) in [6.07, 6.45) is 7.28. The maximum absolute atomic E-state index is 14.4. The van der Waals surface area contributed by atoms with E-state index >= 15 is 0 Å². The Labute approximate surface area is 539 Å². The van der Waals surface area contributed by atoms with Crippen molar-refractivity contribution < 1.29 is 90.9 Å². The Morgan fingerprint density at radius 1 is 0.935 bits per heavy atom. The summed E-state index contributed by atoms with van der Waals surface area (Å²) in [5.41, 5.74) is -0.916. The number of nitrogens with zero attached hydrogens (tertiary/aromatic N) is 5. The summed E-state index contributed by atoms with van der Waals surface area (Å²) in [6.45, 7) is 5.72. The van der Waals surface area contributed by atoms with Gasteiger partial charge in [0.25, 0.3) is 17.7 Å². The number of carbonyl (C=O) groups excluding carboxylic acids is 10. The predicted molar refractivity (Wildman–Crippen MR) is 333 cm³/mol. The van der Waals surface area contributed by atoms with Crippen molar-refractivity contribution >= 4 is 82.9 Å². The number of esters is 1. The number of ether oxygens (including phenoxy) is 8. The van der Waals surface area contributed by atoms with E-state index in [1.807, 2.05) is 25.2 Å². The number of anilines is 2. The second-order valence-corrected chi connectivity index (χ2v) is 24.0. The number of fused-ring (bicyclic) bond motifs is 5. The highest BCUT2D eigenvalue weighted by Crippen LogP contribution is 2.49. The largest absolute Gasteiger partial charge is 0.495 e. The topological polar surface area (TPSA) is 320 Å². The summed E-state index contributed by atoms with van der Waals surface area (Å²) in [4.78, 5) is 138. The van der Waals surface area contributed by atoms with Crippen molar-refractivity contribution in [3.63, 3.8) is 0 Å². The molecule has 4 bridgehead atoms. The Morgan fingerprint density at radius 3 is 2.34 bits per heavy atom. The lowest BCUT2D eigenvalue weighted by Crippen LogP contribution is -2.63. The van der Waals surface area contributed by atoms with Crippen LogP contribution in [0.1, 0.15) is 101 Å². The Kier molecular flexibility index (Phi) is 24.4. The zero-order valence-electron chi connectivity index (χ0n) is 53.5. The molecule has 0 spiro atoms. The van der Waals surface area contributed by atoms with Gasteiger partial charge in [0.15, 0.2) is 5.72 Å². The molecule has 2 fully saturated rings. The fraction of sp³-hybridized carbons (Fsp3) is 0.531. The van der Waals surface area contributed by atoms with Gasteiger partial charge in [-0.25, -0.2) is 24.0 Å². The van der Waals surface area contributed by atoms with E-state index in [1.165, 1.54) is 82.2 Å². The molecule has 4 heterocycles. The predicted octanol–water partition coefficient (Wildman–Crippen LogP) is 6.33. The summed E-state index contributed by atoms with van der Waals surface area (Å²) in [5, 5.41) is 19.8. The van der Waals surface area contributed by atoms with Gasteiger partial charge >= 0.3 is 30.3 Å². The van der Waals surface area contributed by atoms with Crippen LogP contribution in [0.15, 0.2) is 78.4 Å². The number of hydrogen-bond donors (Lipinski definition) is 4. The molecule has 9 atom stereocenters. The number of hydrogen-bond acceptors (Lipinski definition) is 19. The van der Waals surface area contributed by atoms with Crippen molar-refractivity contribution in [2.75, 3.05) is 85.4 Å². The molecule has 4 N–H and O–H groups in total. The van der Waals surface area contributed by atoms with Crippen LogP contribution in [0.3, 0.4) is 0 Å². The van der Waals surface area contributed by atoms with Crippen molar-refractivity contribution in [1.82, 2.24) is 30.2 Å². The third kappa shape index (κ3) is 18.2. The fourth-order valence-corrected chi connectivity index (χ4v) is 11.3. The lowest BCUT2D eigenvalue weighted by molar-refractivity contribution is -0.162. The van der Waals surface area contributed by atoms with Crippen molar-refractivity contribution in [3.05, 3.63) is 100 Å². The monoisotopic (exact) mass is 1300 g/mol. The molecule has 92 heavy (non-hydrogen) atoms. The summed E-state index contributed by atoms with van der Waals surface area (Å²) in [6, 6.07) is 6.65. The number of nitrogens with one attached hydrogen (secondary N) is 3. The molecule has 7 rings (SSSR count). The van der Waals surface area contributed by atoms with Gasteiger partial charge in [0, 0.05) is 86.0 Å². The lowest BCUT2D eigenvalue weighted by Gasteiger charge is -2.42. The first kappa shape index (κ1) is 70.9. The highest BCUT2D eigenvalue weighted by atomic mass is 35.5. The molecular formula is C64H83ClN8O19. The van der Waals surface area contributed by atoms with Crippen LogP contribution in [-0.2, 0) is 70.2 Å². The third-order valence-electron chi connectivity index (χ3n) is 16.9. The number of rotatable bonds is 19. The molecule has 4 aliphatic heterocycles. The number of methoxy groups -OCH3 is 2. The Bertz CT molecular complexity index is 3230. The number of benzene rings is 2. The maximum atomic E-state index is 14.4. The van der Waals surface area contributed by atoms with Crippen LogP contribution in [0.5, 0.6) is 5.75 Å². The summed E-state index contributed by atoms with van der Waals surface area (Å²) >= 11 is 6.83. The molecule has 1 unspecified atom stereocenters. The van der Waals surface area contributed by atoms with Crippen LogP contribution in [0, 0.1) is 5.92 Å². The van der Waals surface area contributed by atoms with Gasteiger partial charge < -0.3 is 67.9 Å². The van der Waals surface area contributed by atoms with Crippen molar-refractivity contribution in [1.29, 1.82) is 0 Å². The summed E-state index contributed by atoms with van der Waals surface area (Å²) in [5.74, 6) is -4.07.